The summed E-state index contributed by atoms with van der Waals surface area (Å²) in [5.74, 6) is 1.63. The number of imide groups is 1. The summed E-state index contributed by atoms with van der Waals surface area (Å²) in [6.07, 6.45) is -1.24. The quantitative estimate of drug-likeness (QED) is 0.618. The van der Waals surface area contributed by atoms with Crippen molar-refractivity contribution in [1.29, 1.82) is 0 Å². The molecule has 1 aliphatic heterocycles. The second-order valence-electron chi connectivity index (χ2n) is 9.01. The number of ether oxygens (including phenoxy) is 1. The van der Waals surface area contributed by atoms with Crippen LogP contribution in [0.1, 0.15) is 33.3 Å². The van der Waals surface area contributed by atoms with E-state index < -0.39 is 32.1 Å². The molecular formula is C22H31NO4Si. The molecule has 1 N–H and O–H groups in total. The van der Waals surface area contributed by atoms with Gasteiger partial charge in [-0.2, -0.15) is 0 Å². The average molecular weight is 402 g/mol. The summed E-state index contributed by atoms with van der Waals surface area (Å²) in [6.45, 7) is 12.5. The van der Waals surface area contributed by atoms with Gasteiger partial charge in [0, 0.05) is 0 Å². The molecule has 0 unspecified atom stereocenters. The summed E-state index contributed by atoms with van der Waals surface area (Å²) >= 11 is 0. The zero-order valence-electron chi connectivity index (χ0n) is 17.7. The van der Waals surface area contributed by atoms with Crippen LogP contribution in [0.4, 0.5) is 4.79 Å². The van der Waals surface area contributed by atoms with Gasteiger partial charge in [0.1, 0.15) is 20.8 Å². The van der Waals surface area contributed by atoms with Crippen molar-refractivity contribution in [1.82, 2.24) is 4.90 Å². The van der Waals surface area contributed by atoms with Crippen LogP contribution in [0.5, 0.6) is 0 Å². The van der Waals surface area contributed by atoms with Crippen LogP contribution in [-0.4, -0.2) is 48.8 Å². The van der Waals surface area contributed by atoms with E-state index in [2.05, 4.69) is 45.3 Å². The largest absolute Gasteiger partial charge is 0.447 e. The van der Waals surface area contributed by atoms with Crippen LogP contribution >= 0.6 is 0 Å². The highest BCUT2D eigenvalue weighted by atomic mass is 28.3. The minimum Gasteiger partial charge on any atom is -0.447 e. The maximum Gasteiger partial charge on any atom is 0.416 e. The van der Waals surface area contributed by atoms with Crippen molar-refractivity contribution in [2.24, 2.45) is 5.92 Å². The smallest absolute Gasteiger partial charge is 0.416 e. The van der Waals surface area contributed by atoms with Gasteiger partial charge in [-0.3, -0.25) is 4.79 Å². The van der Waals surface area contributed by atoms with Crippen molar-refractivity contribution in [3.63, 3.8) is 0 Å². The van der Waals surface area contributed by atoms with Gasteiger partial charge >= 0.3 is 6.09 Å². The van der Waals surface area contributed by atoms with Gasteiger partial charge in [-0.05, 0) is 17.0 Å². The lowest BCUT2D eigenvalue weighted by Gasteiger charge is -2.31. The van der Waals surface area contributed by atoms with E-state index >= 15 is 0 Å². The molecule has 2 amide bonds. The standard InChI is InChI=1S/C22H31NO4Si/c1-16(19(24)12-13-28(5,6)22(2,3)4)20(25)23-18(15-27-21(23)26)14-17-10-8-7-9-11-17/h7-11,16,18-19,24H,14-15H2,1-6H3/t16-,18-,19+/m0/s1. The van der Waals surface area contributed by atoms with Crippen LogP contribution in [0.3, 0.4) is 0 Å². The Labute approximate surface area is 169 Å². The number of aliphatic hydroxyl groups excluding tert-OH is 1. The van der Waals surface area contributed by atoms with Crippen molar-refractivity contribution < 1.29 is 19.4 Å². The number of aliphatic hydroxyl groups is 1. The van der Waals surface area contributed by atoms with Gasteiger partial charge in [0.2, 0.25) is 5.91 Å². The number of benzene rings is 1. The number of nitrogens with zero attached hydrogens (tertiary/aromatic N) is 1. The highest BCUT2D eigenvalue weighted by Crippen LogP contribution is 2.35. The van der Waals surface area contributed by atoms with Crippen LogP contribution < -0.4 is 0 Å². The van der Waals surface area contributed by atoms with Crippen molar-refractivity contribution in [2.75, 3.05) is 6.61 Å². The third-order valence-corrected chi connectivity index (χ3v) is 10.3. The molecule has 1 saturated heterocycles. The molecule has 0 radical (unpaired) electrons. The van der Waals surface area contributed by atoms with Crippen LogP contribution in [0.2, 0.25) is 18.1 Å². The van der Waals surface area contributed by atoms with Gasteiger partial charge in [0.15, 0.2) is 0 Å². The lowest BCUT2D eigenvalue weighted by Crippen LogP contribution is -2.45. The minimum atomic E-state index is -1.90. The molecule has 6 heteroatoms. The number of amides is 2. The fourth-order valence-corrected chi connectivity index (χ4v) is 3.57. The Kier molecular flexibility index (Phi) is 6.74. The van der Waals surface area contributed by atoms with E-state index in [1.54, 1.807) is 6.92 Å². The first-order chi connectivity index (χ1) is 12.9. The number of carbonyl (C=O) groups is 2. The first-order valence-electron chi connectivity index (χ1n) is 9.68. The Morgan fingerprint density at radius 1 is 1.32 bits per heavy atom. The molecule has 152 valence electrons. The van der Waals surface area contributed by atoms with E-state index in [0.29, 0.717) is 6.42 Å². The topological polar surface area (TPSA) is 66.8 Å². The molecule has 1 aromatic carbocycles. The lowest BCUT2D eigenvalue weighted by atomic mass is 10.0. The van der Waals surface area contributed by atoms with Crippen molar-refractivity contribution in [2.45, 2.75) is 64.4 Å². The van der Waals surface area contributed by atoms with Crippen molar-refractivity contribution in [3.8, 4) is 11.5 Å². The maximum atomic E-state index is 12.9. The maximum absolute atomic E-state index is 12.9. The lowest BCUT2D eigenvalue weighted by molar-refractivity contribution is -0.135. The molecule has 0 aliphatic carbocycles. The first-order valence-corrected chi connectivity index (χ1v) is 12.7. The molecule has 3 atom stereocenters. The molecule has 1 fully saturated rings. The number of cyclic esters (lactones) is 1. The average Bonchev–Trinajstić information content (AvgIpc) is 2.98. The summed E-state index contributed by atoms with van der Waals surface area (Å²) in [5.41, 5.74) is 4.26. The van der Waals surface area contributed by atoms with Gasteiger partial charge in [-0.15, -0.1) is 5.54 Å². The number of carbonyl (C=O) groups excluding carboxylic acids is 2. The van der Waals surface area contributed by atoms with Crippen molar-refractivity contribution in [3.05, 3.63) is 35.9 Å². The van der Waals surface area contributed by atoms with Gasteiger partial charge < -0.3 is 9.84 Å². The number of hydrogen-bond donors (Lipinski definition) is 1. The fraction of sp³-hybridized carbons (Fsp3) is 0.545. The second kappa shape index (κ2) is 8.50. The third kappa shape index (κ3) is 5.03. The molecule has 28 heavy (non-hydrogen) atoms. The summed E-state index contributed by atoms with van der Waals surface area (Å²) < 4.78 is 5.12. The first kappa shape index (κ1) is 22.2. The van der Waals surface area contributed by atoms with E-state index in [9.17, 15) is 14.7 Å². The minimum absolute atomic E-state index is 0.0620. The Morgan fingerprint density at radius 2 is 1.93 bits per heavy atom. The molecule has 0 spiro atoms. The predicted octanol–water partition coefficient (Wildman–Crippen LogP) is 3.62. The molecule has 1 aliphatic rings. The zero-order valence-corrected chi connectivity index (χ0v) is 18.7. The van der Waals surface area contributed by atoms with Crippen LogP contribution in [-0.2, 0) is 16.0 Å². The third-order valence-electron chi connectivity index (χ3n) is 5.78. The fourth-order valence-electron chi connectivity index (χ4n) is 2.69. The summed E-state index contributed by atoms with van der Waals surface area (Å²) in [6, 6.07) is 9.29. The Morgan fingerprint density at radius 3 is 2.50 bits per heavy atom. The summed E-state index contributed by atoms with van der Waals surface area (Å²) in [4.78, 5) is 26.2. The summed E-state index contributed by atoms with van der Waals surface area (Å²) in [5, 5.41) is 10.6. The highest BCUT2D eigenvalue weighted by molar-refractivity contribution is 6.87. The van der Waals surface area contributed by atoms with Crippen LogP contribution in [0.15, 0.2) is 30.3 Å². The molecule has 1 heterocycles. The molecule has 0 bridgehead atoms. The molecule has 5 nitrogen and oxygen atoms in total. The van der Waals surface area contributed by atoms with Crippen LogP contribution in [0.25, 0.3) is 0 Å². The number of hydrogen-bond acceptors (Lipinski definition) is 4. The Balaban J connectivity index is 2.13. The van der Waals surface area contributed by atoms with Gasteiger partial charge in [-0.25, -0.2) is 9.69 Å². The Bertz CT molecular complexity index is 773. The highest BCUT2D eigenvalue weighted by Gasteiger charge is 2.41. The van der Waals surface area contributed by atoms with Crippen LogP contribution in [0, 0.1) is 17.4 Å². The molecule has 0 saturated carbocycles. The van der Waals surface area contributed by atoms with E-state index in [4.69, 9.17) is 4.74 Å². The van der Waals surface area contributed by atoms with Gasteiger partial charge in [0.25, 0.3) is 0 Å². The van der Waals surface area contributed by atoms with Gasteiger partial charge in [0.05, 0.1) is 12.0 Å². The number of rotatable bonds is 4. The van der Waals surface area contributed by atoms with E-state index in [-0.39, 0.29) is 17.7 Å². The van der Waals surface area contributed by atoms with E-state index in [0.717, 1.165) is 10.5 Å². The molecule has 2 rings (SSSR count). The van der Waals surface area contributed by atoms with Gasteiger partial charge in [-0.1, -0.05) is 77.0 Å². The Hall–Kier alpha value is -2.10. The summed E-state index contributed by atoms with van der Waals surface area (Å²) in [7, 11) is -1.90. The van der Waals surface area contributed by atoms with Crippen molar-refractivity contribution >= 4 is 20.1 Å². The SMILES string of the molecule is C[C@H](C(=O)N1C(=O)OC[C@@H]1Cc1ccccc1)[C@H](O)C#C[Si](C)(C)C(C)(C)C. The molecular weight excluding hydrogens is 370 g/mol. The molecule has 0 aromatic heterocycles. The normalized spacial score (nSPS) is 19.5. The molecule has 1 aromatic rings. The van der Waals surface area contributed by atoms with E-state index in [1.165, 1.54) is 0 Å². The zero-order chi connectivity index (χ0) is 21.1. The monoisotopic (exact) mass is 401 g/mol. The second-order valence-corrected chi connectivity index (χ2v) is 14.0. The predicted molar refractivity (Wildman–Crippen MR) is 112 cm³/mol. The van der Waals surface area contributed by atoms with E-state index in [1.807, 2.05) is 30.3 Å².